The highest BCUT2D eigenvalue weighted by Crippen LogP contribution is 2.51. The highest BCUT2D eigenvalue weighted by atomic mass is 79.9. The van der Waals surface area contributed by atoms with Crippen LogP contribution in [0.3, 0.4) is 0 Å². The molecular formula is C39H36BrNO4. The molecule has 45 heavy (non-hydrogen) atoms. The van der Waals surface area contributed by atoms with Crippen LogP contribution in [0.4, 0.5) is 0 Å². The second kappa shape index (κ2) is 12.3. The van der Waals surface area contributed by atoms with E-state index in [-0.39, 0.29) is 11.6 Å². The molecule has 1 heterocycles. The summed E-state index contributed by atoms with van der Waals surface area (Å²) >= 11 is 3.79. The summed E-state index contributed by atoms with van der Waals surface area (Å²) in [6, 6.07) is 26.9. The molecule has 0 atom stereocenters. The Morgan fingerprint density at radius 2 is 1.49 bits per heavy atom. The molecule has 0 radical (unpaired) electrons. The molecule has 0 saturated heterocycles. The molecule has 2 aliphatic carbocycles. The van der Waals surface area contributed by atoms with Gasteiger partial charge in [-0.2, -0.15) is 0 Å². The number of hydrogen-bond donors (Lipinski definition) is 0. The summed E-state index contributed by atoms with van der Waals surface area (Å²) in [5, 5.41) is 2.33. The average molecular weight is 663 g/mol. The zero-order chi connectivity index (χ0) is 31.1. The van der Waals surface area contributed by atoms with Crippen LogP contribution in [-0.2, 0) is 22.7 Å². The van der Waals surface area contributed by atoms with Gasteiger partial charge < -0.3 is 14.4 Å². The first-order chi connectivity index (χ1) is 21.9. The highest BCUT2D eigenvalue weighted by molar-refractivity contribution is 9.10. The monoisotopic (exact) mass is 661 g/mol. The number of ketones is 2. The van der Waals surface area contributed by atoms with Crippen molar-refractivity contribution >= 4 is 38.3 Å². The number of ether oxygens (including phenoxy) is 2. The maximum Gasteiger partial charge on any atom is 0.175 e. The van der Waals surface area contributed by atoms with E-state index in [2.05, 4.69) is 64.2 Å². The summed E-state index contributed by atoms with van der Waals surface area (Å²) in [5.41, 5.74) is 7.98. The molecule has 0 fully saturated rings. The van der Waals surface area contributed by atoms with Gasteiger partial charge in [-0.1, -0.05) is 66.7 Å². The number of halogens is 1. The van der Waals surface area contributed by atoms with Crippen LogP contribution in [0.1, 0.15) is 66.7 Å². The van der Waals surface area contributed by atoms with Gasteiger partial charge in [0, 0.05) is 53.4 Å². The average Bonchev–Trinajstić information content (AvgIpc) is 3.05. The van der Waals surface area contributed by atoms with Crippen LogP contribution in [0.25, 0.3) is 10.8 Å². The van der Waals surface area contributed by atoms with Crippen molar-refractivity contribution < 1.29 is 19.1 Å². The van der Waals surface area contributed by atoms with Gasteiger partial charge >= 0.3 is 0 Å². The van der Waals surface area contributed by atoms with Gasteiger partial charge in [-0.3, -0.25) is 9.59 Å². The SMILES string of the molecule is COc1cc(C2C3=C(CCCC3=O)N(Cc3ccccc3)C3=C2C(=O)CCC3)cc(Br)c1OCc1c(C)ccc2ccccc12. The Hall–Kier alpha value is -4.16. The second-order valence-corrected chi connectivity index (χ2v) is 13.0. The molecule has 1 aliphatic heterocycles. The fraction of sp³-hybridized carbons (Fsp3) is 0.282. The maximum absolute atomic E-state index is 13.8. The van der Waals surface area contributed by atoms with Gasteiger partial charge in [0.1, 0.15) is 6.61 Å². The summed E-state index contributed by atoms with van der Waals surface area (Å²) in [6.45, 7) is 3.13. The molecular weight excluding hydrogens is 626 g/mol. The van der Waals surface area contributed by atoms with Crippen molar-refractivity contribution in [1.29, 1.82) is 0 Å². The minimum Gasteiger partial charge on any atom is -0.493 e. The molecule has 0 saturated carbocycles. The van der Waals surface area contributed by atoms with E-state index in [9.17, 15) is 9.59 Å². The van der Waals surface area contributed by atoms with Crippen LogP contribution in [-0.4, -0.2) is 23.6 Å². The number of Topliss-reactive ketones (excluding diaryl/α,β-unsaturated/α-hetero) is 2. The van der Waals surface area contributed by atoms with Crippen LogP contribution in [0.5, 0.6) is 11.5 Å². The fourth-order valence-electron chi connectivity index (χ4n) is 7.33. The maximum atomic E-state index is 13.8. The van der Waals surface area contributed by atoms with E-state index in [0.29, 0.717) is 37.5 Å². The molecule has 4 aromatic rings. The molecule has 0 unspecified atom stereocenters. The standard InChI is InChI=1S/C39H36BrNO4/c1-24-18-19-26-12-6-7-13-28(26)29(24)23-45-39-30(40)20-27(21-35(39)44-2)36-37-31(14-8-16-33(37)42)41(22-25-10-4-3-5-11-25)32-15-9-17-34(43)38(32)36/h3-7,10-13,18-21,36H,8-9,14-17,22-23H2,1-2H3. The molecule has 0 aromatic heterocycles. The van der Waals surface area contributed by atoms with Crippen molar-refractivity contribution in [3.8, 4) is 11.5 Å². The van der Waals surface area contributed by atoms with Crippen molar-refractivity contribution in [3.63, 3.8) is 0 Å². The molecule has 3 aliphatic rings. The third-order valence-electron chi connectivity index (χ3n) is 9.49. The van der Waals surface area contributed by atoms with Crippen molar-refractivity contribution in [2.45, 2.75) is 64.5 Å². The van der Waals surface area contributed by atoms with Crippen molar-refractivity contribution in [1.82, 2.24) is 4.90 Å². The van der Waals surface area contributed by atoms with Gasteiger partial charge in [0.25, 0.3) is 0 Å². The predicted molar refractivity (Wildman–Crippen MR) is 180 cm³/mol. The molecule has 7 rings (SSSR count). The number of nitrogens with zero attached hydrogens (tertiary/aromatic N) is 1. The van der Waals surface area contributed by atoms with Gasteiger partial charge in [-0.15, -0.1) is 0 Å². The molecule has 0 N–H and O–H groups in total. The zero-order valence-corrected chi connectivity index (χ0v) is 27.3. The second-order valence-electron chi connectivity index (χ2n) is 12.2. The Morgan fingerprint density at radius 3 is 2.18 bits per heavy atom. The van der Waals surface area contributed by atoms with E-state index >= 15 is 0 Å². The van der Waals surface area contributed by atoms with E-state index in [1.807, 2.05) is 42.5 Å². The zero-order valence-electron chi connectivity index (χ0n) is 25.7. The minimum atomic E-state index is -0.429. The number of benzene rings is 4. The Morgan fingerprint density at radius 1 is 0.822 bits per heavy atom. The summed E-state index contributed by atoms with van der Waals surface area (Å²) in [6.07, 6.45) is 4.27. The third kappa shape index (κ3) is 5.39. The lowest BCUT2D eigenvalue weighted by Gasteiger charge is -2.44. The number of aryl methyl sites for hydroxylation is 1. The van der Waals surface area contributed by atoms with Gasteiger partial charge in [0.15, 0.2) is 23.1 Å². The molecule has 228 valence electrons. The van der Waals surface area contributed by atoms with E-state index in [1.165, 1.54) is 5.39 Å². The quantitative estimate of drug-likeness (QED) is 0.198. The number of carbonyl (C=O) groups excluding carboxylic acids is 2. The largest absolute Gasteiger partial charge is 0.493 e. The Labute approximate surface area is 272 Å². The van der Waals surface area contributed by atoms with Crippen LogP contribution in [0.2, 0.25) is 0 Å². The topological polar surface area (TPSA) is 55.8 Å². The lowest BCUT2D eigenvalue weighted by atomic mass is 9.71. The number of rotatable bonds is 7. The van der Waals surface area contributed by atoms with Gasteiger partial charge in [-0.05, 0) is 88.1 Å². The minimum absolute atomic E-state index is 0.131. The van der Waals surface area contributed by atoms with E-state index < -0.39 is 5.92 Å². The molecule has 6 heteroatoms. The first-order valence-corrected chi connectivity index (χ1v) is 16.5. The van der Waals surface area contributed by atoms with E-state index in [0.717, 1.165) is 80.3 Å². The van der Waals surface area contributed by atoms with Crippen molar-refractivity contribution in [3.05, 3.63) is 128 Å². The lowest BCUT2D eigenvalue weighted by Crippen LogP contribution is -2.38. The third-order valence-corrected chi connectivity index (χ3v) is 10.1. The Balaban J connectivity index is 1.31. The highest BCUT2D eigenvalue weighted by Gasteiger charge is 2.43. The summed E-state index contributed by atoms with van der Waals surface area (Å²) in [7, 11) is 1.64. The number of carbonyl (C=O) groups is 2. The van der Waals surface area contributed by atoms with Gasteiger partial charge in [-0.25, -0.2) is 0 Å². The number of hydrogen-bond acceptors (Lipinski definition) is 5. The van der Waals surface area contributed by atoms with Gasteiger partial charge in [0.2, 0.25) is 0 Å². The van der Waals surface area contributed by atoms with E-state index in [1.54, 1.807) is 7.11 Å². The molecule has 0 spiro atoms. The molecule has 4 aromatic carbocycles. The Kier molecular flexibility index (Phi) is 8.09. The summed E-state index contributed by atoms with van der Waals surface area (Å²) in [4.78, 5) is 29.9. The molecule has 5 nitrogen and oxygen atoms in total. The van der Waals surface area contributed by atoms with Crippen LogP contribution in [0.15, 0.2) is 106 Å². The predicted octanol–water partition coefficient (Wildman–Crippen LogP) is 9.11. The smallest absolute Gasteiger partial charge is 0.175 e. The van der Waals surface area contributed by atoms with Gasteiger partial charge in [0.05, 0.1) is 11.6 Å². The van der Waals surface area contributed by atoms with Crippen LogP contribution in [0, 0.1) is 6.92 Å². The Bertz CT molecular complexity index is 1850. The summed E-state index contributed by atoms with van der Waals surface area (Å²) < 4.78 is 13.1. The molecule has 0 amide bonds. The number of methoxy groups -OCH3 is 1. The molecule has 0 bridgehead atoms. The first kappa shape index (κ1) is 29.5. The van der Waals surface area contributed by atoms with Crippen LogP contribution < -0.4 is 9.47 Å². The van der Waals surface area contributed by atoms with Crippen molar-refractivity contribution in [2.75, 3.05) is 7.11 Å². The first-order valence-electron chi connectivity index (χ1n) is 15.8. The fourth-order valence-corrected chi connectivity index (χ4v) is 7.91. The van der Waals surface area contributed by atoms with Crippen molar-refractivity contribution in [2.24, 2.45) is 0 Å². The van der Waals surface area contributed by atoms with Crippen LogP contribution >= 0.6 is 15.9 Å². The van der Waals surface area contributed by atoms with E-state index in [4.69, 9.17) is 9.47 Å². The summed E-state index contributed by atoms with van der Waals surface area (Å²) in [5.74, 6) is 1.00. The normalized spacial score (nSPS) is 17.1. The number of allylic oxidation sites excluding steroid dienone is 4. The lowest BCUT2D eigenvalue weighted by molar-refractivity contribution is -0.117. The number of fused-ring (bicyclic) bond motifs is 1.